The third-order valence-electron chi connectivity index (χ3n) is 4.15. The molecule has 0 saturated heterocycles. The quantitative estimate of drug-likeness (QED) is 0.638. The molecule has 7 heteroatoms. The molecule has 0 bridgehead atoms. The van der Waals surface area contributed by atoms with E-state index in [0.717, 1.165) is 42.2 Å². The molecule has 1 aliphatic rings. The molecule has 26 heavy (non-hydrogen) atoms. The summed E-state index contributed by atoms with van der Waals surface area (Å²) >= 11 is 1.38. The lowest BCUT2D eigenvalue weighted by molar-refractivity contribution is -0.114. The van der Waals surface area contributed by atoms with E-state index in [1.54, 1.807) is 0 Å². The minimum absolute atomic E-state index is 0.146. The Morgan fingerprint density at radius 1 is 1.23 bits per heavy atom. The maximum absolute atomic E-state index is 13.2. The van der Waals surface area contributed by atoms with Crippen molar-refractivity contribution in [3.8, 4) is 0 Å². The number of hydrogen-bond donors (Lipinski definition) is 1. The maximum atomic E-state index is 13.2. The summed E-state index contributed by atoms with van der Waals surface area (Å²) in [5, 5.41) is 3.15. The number of thiophene rings is 1. The standard InChI is InChI=1S/C19H18FNO4S/c1-11(22)21-18-17(14-7-2-3-8-16(14)26-18)19(24)25-10-15(23)12-5-4-6-13(20)9-12/h4-6,9H,2-3,7-8,10H2,1H3,(H,21,22). The van der Waals surface area contributed by atoms with E-state index in [1.807, 2.05) is 0 Å². The van der Waals surface area contributed by atoms with Crippen molar-refractivity contribution in [1.29, 1.82) is 0 Å². The summed E-state index contributed by atoms with van der Waals surface area (Å²) in [5.41, 5.74) is 1.38. The molecule has 0 spiro atoms. The van der Waals surface area contributed by atoms with E-state index in [4.69, 9.17) is 4.74 Å². The summed E-state index contributed by atoms with van der Waals surface area (Å²) in [7, 11) is 0. The number of aryl methyl sites for hydroxylation is 1. The van der Waals surface area contributed by atoms with Crippen molar-refractivity contribution < 1.29 is 23.5 Å². The predicted molar refractivity (Wildman–Crippen MR) is 96.3 cm³/mol. The topological polar surface area (TPSA) is 72.5 Å². The molecular formula is C19H18FNO4S. The molecule has 1 aromatic carbocycles. The second-order valence-corrected chi connectivity index (χ2v) is 7.21. The van der Waals surface area contributed by atoms with Gasteiger partial charge in [-0.15, -0.1) is 11.3 Å². The van der Waals surface area contributed by atoms with Crippen molar-refractivity contribution in [1.82, 2.24) is 0 Å². The molecular weight excluding hydrogens is 357 g/mol. The highest BCUT2D eigenvalue weighted by atomic mass is 32.1. The number of amides is 1. The Kier molecular flexibility index (Phi) is 5.46. The molecule has 136 valence electrons. The number of nitrogens with one attached hydrogen (secondary N) is 1. The van der Waals surface area contributed by atoms with Gasteiger partial charge in [0.05, 0.1) is 5.56 Å². The lowest BCUT2D eigenvalue weighted by atomic mass is 9.95. The summed E-state index contributed by atoms with van der Waals surface area (Å²) in [6.45, 7) is 0.897. The fourth-order valence-corrected chi connectivity index (χ4v) is 4.30. The van der Waals surface area contributed by atoms with Gasteiger partial charge in [-0.3, -0.25) is 9.59 Å². The third kappa shape index (κ3) is 3.99. The van der Waals surface area contributed by atoms with Crippen LogP contribution in [0.4, 0.5) is 9.39 Å². The lowest BCUT2D eigenvalue weighted by Gasteiger charge is -2.12. The number of rotatable bonds is 5. The Bertz CT molecular complexity index is 874. The van der Waals surface area contributed by atoms with E-state index in [-0.39, 0.29) is 11.5 Å². The minimum Gasteiger partial charge on any atom is -0.454 e. The van der Waals surface area contributed by atoms with Crippen LogP contribution in [0.5, 0.6) is 0 Å². The van der Waals surface area contributed by atoms with E-state index in [2.05, 4.69) is 5.32 Å². The summed E-state index contributed by atoms with van der Waals surface area (Å²) in [6, 6.07) is 5.23. The fraction of sp³-hybridized carbons (Fsp3) is 0.316. The number of ketones is 1. The number of Topliss-reactive ketones (excluding diaryl/α,β-unsaturated/α-hetero) is 1. The predicted octanol–water partition coefficient (Wildman–Crippen LogP) is 3.76. The first-order valence-corrected chi connectivity index (χ1v) is 9.15. The van der Waals surface area contributed by atoms with E-state index >= 15 is 0 Å². The normalized spacial score (nSPS) is 13.0. The zero-order valence-corrected chi connectivity index (χ0v) is 15.1. The fourth-order valence-electron chi connectivity index (χ4n) is 2.98. The van der Waals surface area contributed by atoms with Gasteiger partial charge in [0.1, 0.15) is 10.8 Å². The van der Waals surface area contributed by atoms with Crippen molar-refractivity contribution in [2.75, 3.05) is 11.9 Å². The molecule has 1 heterocycles. The number of benzene rings is 1. The van der Waals surface area contributed by atoms with Crippen molar-refractivity contribution >= 4 is 34.0 Å². The number of fused-ring (bicyclic) bond motifs is 1. The molecule has 1 N–H and O–H groups in total. The van der Waals surface area contributed by atoms with Crippen LogP contribution in [0.3, 0.4) is 0 Å². The maximum Gasteiger partial charge on any atom is 0.341 e. The van der Waals surface area contributed by atoms with Gasteiger partial charge in [0, 0.05) is 17.4 Å². The second-order valence-electron chi connectivity index (χ2n) is 6.11. The molecule has 0 atom stereocenters. The number of halogens is 1. The van der Waals surface area contributed by atoms with Crippen LogP contribution in [-0.4, -0.2) is 24.3 Å². The van der Waals surface area contributed by atoms with E-state index in [0.29, 0.717) is 10.6 Å². The van der Waals surface area contributed by atoms with Gasteiger partial charge in [-0.1, -0.05) is 12.1 Å². The lowest BCUT2D eigenvalue weighted by Crippen LogP contribution is -2.17. The summed E-state index contributed by atoms with van der Waals surface area (Å²) in [5.74, 6) is -1.92. The number of carbonyl (C=O) groups excluding carboxylic acids is 3. The van der Waals surface area contributed by atoms with Gasteiger partial charge >= 0.3 is 5.97 Å². The highest BCUT2D eigenvalue weighted by molar-refractivity contribution is 7.17. The molecule has 2 aromatic rings. The first-order chi connectivity index (χ1) is 12.5. The van der Waals surface area contributed by atoms with Crippen LogP contribution < -0.4 is 5.32 Å². The first-order valence-electron chi connectivity index (χ1n) is 8.33. The van der Waals surface area contributed by atoms with Gasteiger partial charge in [0.15, 0.2) is 12.4 Å². The molecule has 5 nitrogen and oxygen atoms in total. The summed E-state index contributed by atoms with van der Waals surface area (Å²) in [4.78, 5) is 37.2. The van der Waals surface area contributed by atoms with Gasteiger partial charge in [0.2, 0.25) is 5.91 Å². The zero-order valence-electron chi connectivity index (χ0n) is 14.3. The molecule has 0 fully saturated rings. The molecule has 1 aromatic heterocycles. The van der Waals surface area contributed by atoms with E-state index in [9.17, 15) is 18.8 Å². The monoisotopic (exact) mass is 375 g/mol. The smallest absolute Gasteiger partial charge is 0.341 e. The zero-order chi connectivity index (χ0) is 18.7. The van der Waals surface area contributed by atoms with Crippen molar-refractivity contribution in [3.63, 3.8) is 0 Å². The number of carbonyl (C=O) groups is 3. The average Bonchev–Trinajstić information content (AvgIpc) is 2.96. The molecule has 0 saturated carbocycles. The highest BCUT2D eigenvalue weighted by Gasteiger charge is 2.27. The van der Waals surface area contributed by atoms with Gasteiger partial charge in [-0.2, -0.15) is 0 Å². The molecule has 0 unspecified atom stereocenters. The van der Waals surface area contributed by atoms with E-state index in [1.165, 1.54) is 36.5 Å². The van der Waals surface area contributed by atoms with Crippen molar-refractivity contribution in [3.05, 3.63) is 51.7 Å². The van der Waals surface area contributed by atoms with Crippen LogP contribution in [0.15, 0.2) is 24.3 Å². The van der Waals surface area contributed by atoms with Gasteiger partial charge < -0.3 is 10.1 Å². The second kappa shape index (κ2) is 7.78. The molecule has 0 aliphatic heterocycles. The van der Waals surface area contributed by atoms with Crippen molar-refractivity contribution in [2.45, 2.75) is 32.6 Å². The Morgan fingerprint density at radius 3 is 2.73 bits per heavy atom. The van der Waals surface area contributed by atoms with Crippen LogP contribution in [0, 0.1) is 5.82 Å². The van der Waals surface area contributed by atoms with Crippen LogP contribution in [0.1, 0.15) is 50.9 Å². The average molecular weight is 375 g/mol. The molecule has 1 aliphatic carbocycles. The number of anilines is 1. The van der Waals surface area contributed by atoms with Crippen LogP contribution >= 0.6 is 11.3 Å². The molecule has 1 amide bonds. The number of hydrogen-bond acceptors (Lipinski definition) is 5. The van der Waals surface area contributed by atoms with Gasteiger partial charge in [0.25, 0.3) is 0 Å². The van der Waals surface area contributed by atoms with Crippen LogP contribution in [-0.2, 0) is 22.4 Å². The van der Waals surface area contributed by atoms with Gasteiger partial charge in [-0.25, -0.2) is 9.18 Å². The highest BCUT2D eigenvalue weighted by Crippen LogP contribution is 2.38. The Morgan fingerprint density at radius 2 is 2.00 bits per heavy atom. The third-order valence-corrected chi connectivity index (χ3v) is 5.35. The Hall–Kier alpha value is -2.54. The Balaban J connectivity index is 1.77. The minimum atomic E-state index is -0.641. The summed E-state index contributed by atoms with van der Waals surface area (Å²) < 4.78 is 18.4. The molecule has 0 radical (unpaired) electrons. The molecule has 3 rings (SSSR count). The van der Waals surface area contributed by atoms with Gasteiger partial charge in [-0.05, 0) is 43.4 Å². The van der Waals surface area contributed by atoms with Crippen LogP contribution in [0.2, 0.25) is 0 Å². The Labute approximate surface area is 154 Å². The largest absolute Gasteiger partial charge is 0.454 e. The SMILES string of the molecule is CC(=O)Nc1sc2c(c1C(=O)OCC(=O)c1cccc(F)c1)CCCC2. The summed E-state index contributed by atoms with van der Waals surface area (Å²) in [6.07, 6.45) is 3.61. The van der Waals surface area contributed by atoms with E-state index < -0.39 is 24.2 Å². The number of ether oxygens (including phenoxy) is 1. The first kappa shape index (κ1) is 18.3. The van der Waals surface area contributed by atoms with Crippen LogP contribution in [0.25, 0.3) is 0 Å². The van der Waals surface area contributed by atoms with Crippen molar-refractivity contribution in [2.24, 2.45) is 0 Å². The number of esters is 1.